The molecule has 0 amide bonds. The third-order valence-corrected chi connectivity index (χ3v) is 2.75. The number of rotatable bonds is 6. The van der Waals surface area contributed by atoms with Crippen LogP contribution in [0.4, 0.5) is 5.82 Å². The molecule has 3 nitrogen and oxygen atoms in total. The van der Waals surface area contributed by atoms with Crippen molar-refractivity contribution in [2.45, 2.75) is 26.2 Å². The molecule has 1 rings (SSSR count). The minimum absolute atomic E-state index is 0.552. The lowest BCUT2D eigenvalue weighted by atomic mass is 10.1. The van der Waals surface area contributed by atoms with Gasteiger partial charge in [-0.15, -0.1) is 0 Å². The number of anilines is 1. The van der Waals surface area contributed by atoms with Crippen LogP contribution in [0.5, 0.6) is 0 Å². The SMILES string of the molecule is CNCCCN(C)c1ccc(C(C)C)cn1. The van der Waals surface area contributed by atoms with E-state index in [2.05, 4.69) is 48.2 Å². The molecule has 0 aliphatic rings. The van der Waals surface area contributed by atoms with Crippen LogP contribution in [0.1, 0.15) is 31.7 Å². The van der Waals surface area contributed by atoms with Gasteiger partial charge < -0.3 is 10.2 Å². The van der Waals surface area contributed by atoms with Gasteiger partial charge in [-0.3, -0.25) is 0 Å². The van der Waals surface area contributed by atoms with E-state index in [0.29, 0.717) is 5.92 Å². The molecular weight excluding hydrogens is 198 g/mol. The van der Waals surface area contributed by atoms with Gasteiger partial charge in [0.25, 0.3) is 0 Å². The van der Waals surface area contributed by atoms with Gasteiger partial charge in [-0.25, -0.2) is 4.98 Å². The van der Waals surface area contributed by atoms with E-state index in [1.165, 1.54) is 5.56 Å². The second kappa shape index (κ2) is 6.48. The summed E-state index contributed by atoms with van der Waals surface area (Å²) in [6, 6.07) is 4.27. The number of aromatic nitrogens is 1. The van der Waals surface area contributed by atoms with Gasteiger partial charge in [0.2, 0.25) is 0 Å². The van der Waals surface area contributed by atoms with Crippen LogP contribution in [0.25, 0.3) is 0 Å². The summed E-state index contributed by atoms with van der Waals surface area (Å²) in [6.45, 7) is 6.46. The van der Waals surface area contributed by atoms with Crippen molar-refractivity contribution in [3.8, 4) is 0 Å². The highest BCUT2D eigenvalue weighted by atomic mass is 15.2. The molecule has 0 aliphatic heterocycles. The third kappa shape index (κ3) is 3.81. The Kier molecular flexibility index (Phi) is 5.26. The molecule has 0 spiro atoms. The number of pyridine rings is 1. The lowest BCUT2D eigenvalue weighted by Gasteiger charge is -2.18. The Balaban J connectivity index is 2.52. The van der Waals surface area contributed by atoms with Gasteiger partial charge in [0.1, 0.15) is 5.82 Å². The summed E-state index contributed by atoms with van der Waals surface area (Å²) in [5.74, 6) is 1.61. The fourth-order valence-corrected chi connectivity index (χ4v) is 1.57. The number of nitrogens with one attached hydrogen (secondary N) is 1. The lowest BCUT2D eigenvalue weighted by molar-refractivity contribution is 0.708. The van der Waals surface area contributed by atoms with E-state index in [9.17, 15) is 0 Å². The smallest absolute Gasteiger partial charge is 0.128 e. The van der Waals surface area contributed by atoms with Crippen LogP contribution < -0.4 is 10.2 Å². The molecule has 0 aromatic carbocycles. The minimum atomic E-state index is 0.552. The van der Waals surface area contributed by atoms with Gasteiger partial charge in [0.05, 0.1) is 0 Å². The fraction of sp³-hybridized carbons (Fsp3) is 0.615. The molecule has 0 fully saturated rings. The molecule has 16 heavy (non-hydrogen) atoms. The average Bonchev–Trinajstić information content (AvgIpc) is 2.29. The maximum Gasteiger partial charge on any atom is 0.128 e. The minimum Gasteiger partial charge on any atom is -0.360 e. The van der Waals surface area contributed by atoms with E-state index in [4.69, 9.17) is 0 Å². The first kappa shape index (κ1) is 13.0. The molecular formula is C13H23N3. The molecule has 0 atom stereocenters. The second-order valence-electron chi connectivity index (χ2n) is 4.48. The Morgan fingerprint density at radius 1 is 1.38 bits per heavy atom. The molecule has 90 valence electrons. The van der Waals surface area contributed by atoms with Gasteiger partial charge >= 0.3 is 0 Å². The van der Waals surface area contributed by atoms with Crippen LogP contribution in [-0.2, 0) is 0 Å². The van der Waals surface area contributed by atoms with E-state index < -0.39 is 0 Å². The molecule has 0 bridgehead atoms. The molecule has 1 heterocycles. The summed E-state index contributed by atoms with van der Waals surface area (Å²) >= 11 is 0. The van der Waals surface area contributed by atoms with E-state index in [-0.39, 0.29) is 0 Å². The quantitative estimate of drug-likeness (QED) is 0.747. The summed E-state index contributed by atoms with van der Waals surface area (Å²) in [4.78, 5) is 6.68. The number of hydrogen-bond donors (Lipinski definition) is 1. The molecule has 1 N–H and O–H groups in total. The fourth-order valence-electron chi connectivity index (χ4n) is 1.57. The zero-order valence-corrected chi connectivity index (χ0v) is 10.8. The van der Waals surface area contributed by atoms with Crippen molar-refractivity contribution in [2.75, 3.05) is 32.1 Å². The first-order valence-electron chi connectivity index (χ1n) is 5.97. The predicted octanol–water partition coefficient (Wildman–Crippen LogP) is 2.25. The van der Waals surface area contributed by atoms with Gasteiger partial charge in [-0.05, 0) is 37.6 Å². The Labute approximate surface area is 98.9 Å². The zero-order valence-electron chi connectivity index (χ0n) is 10.8. The molecule has 0 radical (unpaired) electrons. The molecule has 3 heteroatoms. The molecule has 0 unspecified atom stereocenters. The van der Waals surface area contributed by atoms with Crippen LogP contribution in [0.2, 0.25) is 0 Å². The summed E-state index contributed by atoms with van der Waals surface area (Å²) in [5.41, 5.74) is 1.30. The van der Waals surface area contributed by atoms with Crippen molar-refractivity contribution < 1.29 is 0 Å². The highest BCUT2D eigenvalue weighted by molar-refractivity contribution is 5.38. The van der Waals surface area contributed by atoms with E-state index >= 15 is 0 Å². The summed E-state index contributed by atoms with van der Waals surface area (Å²) in [5, 5.41) is 3.15. The molecule has 1 aromatic heterocycles. The largest absolute Gasteiger partial charge is 0.360 e. The Hall–Kier alpha value is -1.09. The lowest BCUT2D eigenvalue weighted by Crippen LogP contribution is -2.23. The zero-order chi connectivity index (χ0) is 12.0. The van der Waals surface area contributed by atoms with Crippen LogP contribution in [-0.4, -0.2) is 32.2 Å². The van der Waals surface area contributed by atoms with Gasteiger partial charge in [-0.2, -0.15) is 0 Å². The predicted molar refractivity (Wildman–Crippen MR) is 70.1 cm³/mol. The van der Waals surface area contributed by atoms with Gasteiger partial charge in [0.15, 0.2) is 0 Å². The Bertz CT molecular complexity index is 293. The molecule has 1 aromatic rings. The van der Waals surface area contributed by atoms with Gasteiger partial charge in [0, 0.05) is 19.8 Å². The van der Waals surface area contributed by atoms with E-state index in [1.807, 2.05) is 13.2 Å². The number of nitrogens with zero attached hydrogens (tertiary/aromatic N) is 2. The Morgan fingerprint density at radius 3 is 2.62 bits per heavy atom. The summed E-state index contributed by atoms with van der Waals surface area (Å²) in [7, 11) is 4.07. The van der Waals surface area contributed by atoms with Crippen LogP contribution in [0, 0.1) is 0 Å². The normalized spacial score (nSPS) is 10.8. The van der Waals surface area contributed by atoms with Crippen molar-refractivity contribution >= 4 is 5.82 Å². The van der Waals surface area contributed by atoms with Crippen LogP contribution >= 0.6 is 0 Å². The third-order valence-electron chi connectivity index (χ3n) is 2.75. The monoisotopic (exact) mass is 221 g/mol. The average molecular weight is 221 g/mol. The van der Waals surface area contributed by atoms with E-state index in [0.717, 1.165) is 25.3 Å². The second-order valence-corrected chi connectivity index (χ2v) is 4.48. The highest BCUT2D eigenvalue weighted by Crippen LogP contribution is 2.16. The van der Waals surface area contributed by atoms with Crippen molar-refractivity contribution in [1.82, 2.24) is 10.3 Å². The maximum absolute atomic E-state index is 4.48. The summed E-state index contributed by atoms with van der Waals surface area (Å²) in [6.07, 6.45) is 3.12. The topological polar surface area (TPSA) is 28.2 Å². The standard InChI is InChI=1S/C13H23N3/c1-11(2)12-6-7-13(15-10-12)16(4)9-5-8-14-3/h6-7,10-11,14H,5,8-9H2,1-4H3. The summed E-state index contributed by atoms with van der Waals surface area (Å²) < 4.78 is 0. The van der Waals surface area contributed by atoms with Crippen molar-refractivity contribution in [2.24, 2.45) is 0 Å². The van der Waals surface area contributed by atoms with Crippen LogP contribution in [0.15, 0.2) is 18.3 Å². The van der Waals surface area contributed by atoms with Crippen molar-refractivity contribution in [1.29, 1.82) is 0 Å². The van der Waals surface area contributed by atoms with Crippen LogP contribution in [0.3, 0.4) is 0 Å². The maximum atomic E-state index is 4.48. The molecule has 0 saturated carbocycles. The highest BCUT2D eigenvalue weighted by Gasteiger charge is 2.03. The van der Waals surface area contributed by atoms with Gasteiger partial charge in [-0.1, -0.05) is 19.9 Å². The Morgan fingerprint density at radius 2 is 2.12 bits per heavy atom. The first-order valence-corrected chi connectivity index (χ1v) is 5.97. The number of hydrogen-bond acceptors (Lipinski definition) is 3. The van der Waals surface area contributed by atoms with E-state index in [1.54, 1.807) is 0 Å². The molecule has 0 saturated heterocycles. The first-order chi connectivity index (χ1) is 7.65. The molecule has 0 aliphatic carbocycles. The van der Waals surface area contributed by atoms with Crippen molar-refractivity contribution in [3.63, 3.8) is 0 Å². The van der Waals surface area contributed by atoms with Crippen molar-refractivity contribution in [3.05, 3.63) is 23.9 Å².